The molecular formula is C15H15NO5S. The molecule has 6 nitrogen and oxygen atoms in total. The fraction of sp³-hybridized carbons (Fsp3) is 0.267. The predicted octanol–water partition coefficient (Wildman–Crippen LogP) is 2.59. The van der Waals surface area contributed by atoms with E-state index in [4.69, 9.17) is 9.84 Å². The average molecular weight is 321 g/mol. The van der Waals surface area contributed by atoms with Gasteiger partial charge in [-0.1, -0.05) is 12.1 Å². The number of amides is 2. The molecule has 0 unspecified atom stereocenters. The van der Waals surface area contributed by atoms with Crippen molar-refractivity contribution in [2.24, 2.45) is 0 Å². The minimum atomic E-state index is -1.05. The number of rotatable bonds is 5. The molecule has 1 fully saturated rings. The summed E-state index contributed by atoms with van der Waals surface area (Å²) in [5.41, 5.74) is 0.733. The van der Waals surface area contributed by atoms with Crippen LogP contribution in [0.2, 0.25) is 0 Å². The molecule has 0 bridgehead atoms. The summed E-state index contributed by atoms with van der Waals surface area (Å²) in [5.74, 6) is -0.919. The first-order valence-electron chi connectivity index (χ1n) is 6.60. The molecule has 1 aromatic carbocycles. The number of carbonyl (C=O) groups is 3. The van der Waals surface area contributed by atoms with Crippen molar-refractivity contribution in [2.75, 3.05) is 6.61 Å². The highest BCUT2D eigenvalue weighted by molar-refractivity contribution is 8.18. The largest absolute Gasteiger partial charge is 0.482 e. The molecule has 1 heterocycles. The number of hydrogen-bond acceptors (Lipinski definition) is 5. The van der Waals surface area contributed by atoms with E-state index in [0.29, 0.717) is 10.7 Å². The third kappa shape index (κ3) is 3.67. The van der Waals surface area contributed by atoms with E-state index in [-0.39, 0.29) is 17.2 Å². The number of imide groups is 1. The Morgan fingerprint density at radius 3 is 2.45 bits per heavy atom. The number of hydrogen-bond donors (Lipinski definition) is 1. The van der Waals surface area contributed by atoms with Crippen LogP contribution in [0.4, 0.5) is 4.79 Å². The number of carboxylic acid groups (broad SMARTS) is 1. The zero-order valence-electron chi connectivity index (χ0n) is 12.1. The van der Waals surface area contributed by atoms with Crippen molar-refractivity contribution in [2.45, 2.75) is 19.9 Å². The quantitative estimate of drug-likeness (QED) is 0.839. The zero-order valence-corrected chi connectivity index (χ0v) is 12.9. The Morgan fingerprint density at radius 1 is 1.32 bits per heavy atom. The van der Waals surface area contributed by atoms with E-state index in [9.17, 15) is 14.4 Å². The molecule has 0 radical (unpaired) electrons. The van der Waals surface area contributed by atoms with E-state index >= 15 is 0 Å². The lowest BCUT2D eigenvalue weighted by molar-refractivity contribution is -0.139. The van der Waals surface area contributed by atoms with Crippen LogP contribution in [0.1, 0.15) is 19.4 Å². The third-order valence-corrected chi connectivity index (χ3v) is 3.76. The second kappa shape index (κ2) is 6.65. The summed E-state index contributed by atoms with van der Waals surface area (Å²) >= 11 is 0.913. The first kappa shape index (κ1) is 16.1. The molecule has 0 saturated carbocycles. The molecule has 0 aliphatic carbocycles. The third-order valence-electron chi connectivity index (χ3n) is 2.88. The van der Waals surface area contributed by atoms with Gasteiger partial charge in [-0.05, 0) is 49.4 Å². The molecule has 7 heteroatoms. The maximum Gasteiger partial charge on any atom is 0.341 e. The van der Waals surface area contributed by atoms with Gasteiger partial charge in [-0.25, -0.2) is 4.79 Å². The second-order valence-electron chi connectivity index (χ2n) is 4.90. The zero-order chi connectivity index (χ0) is 16.3. The molecule has 2 rings (SSSR count). The van der Waals surface area contributed by atoms with Gasteiger partial charge in [-0.2, -0.15) is 0 Å². The summed E-state index contributed by atoms with van der Waals surface area (Å²) in [5, 5.41) is 8.26. The summed E-state index contributed by atoms with van der Waals surface area (Å²) in [4.78, 5) is 35.9. The number of carbonyl (C=O) groups excluding carboxylic acids is 2. The van der Waals surface area contributed by atoms with E-state index in [0.717, 1.165) is 17.3 Å². The molecule has 22 heavy (non-hydrogen) atoms. The highest BCUT2D eigenvalue weighted by Gasteiger charge is 2.36. The van der Waals surface area contributed by atoms with Gasteiger partial charge in [0.15, 0.2) is 6.61 Å². The van der Waals surface area contributed by atoms with Crippen LogP contribution in [0.25, 0.3) is 6.08 Å². The van der Waals surface area contributed by atoms with Gasteiger partial charge in [-0.15, -0.1) is 0 Å². The van der Waals surface area contributed by atoms with E-state index in [1.807, 2.05) is 0 Å². The highest BCUT2D eigenvalue weighted by atomic mass is 32.2. The van der Waals surface area contributed by atoms with E-state index in [1.165, 1.54) is 4.90 Å². The predicted molar refractivity (Wildman–Crippen MR) is 82.5 cm³/mol. The van der Waals surface area contributed by atoms with Crippen molar-refractivity contribution in [1.29, 1.82) is 0 Å². The molecule has 2 amide bonds. The van der Waals surface area contributed by atoms with Gasteiger partial charge in [0.25, 0.3) is 11.1 Å². The smallest absolute Gasteiger partial charge is 0.341 e. The lowest BCUT2D eigenvalue weighted by atomic mass is 10.2. The maximum absolute atomic E-state index is 12.1. The lowest BCUT2D eigenvalue weighted by Gasteiger charge is -2.16. The summed E-state index contributed by atoms with van der Waals surface area (Å²) in [6.45, 7) is 3.16. The van der Waals surface area contributed by atoms with E-state index in [1.54, 1.807) is 44.2 Å². The number of benzene rings is 1. The second-order valence-corrected chi connectivity index (χ2v) is 5.89. The fourth-order valence-electron chi connectivity index (χ4n) is 1.88. The Balaban J connectivity index is 2.11. The molecule has 1 aromatic rings. The Hall–Kier alpha value is -2.28. The SMILES string of the molecule is CC(C)N1C(=O)SC(=Cc2ccc(OCC(=O)O)cc2)C1=O. The first-order valence-corrected chi connectivity index (χ1v) is 7.42. The van der Waals surface area contributed by atoms with Crippen LogP contribution in [0.3, 0.4) is 0 Å². The van der Waals surface area contributed by atoms with E-state index < -0.39 is 12.6 Å². The van der Waals surface area contributed by atoms with Crippen LogP contribution in [-0.2, 0) is 9.59 Å². The topological polar surface area (TPSA) is 83.9 Å². The van der Waals surface area contributed by atoms with Crippen LogP contribution in [0.5, 0.6) is 5.75 Å². The molecule has 1 aliphatic heterocycles. The Kier molecular flexibility index (Phi) is 4.87. The van der Waals surface area contributed by atoms with Gasteiger partial charge in [0.1, 0.15) is 5.75 Å². The van der Waals surface area contributed by atoms with Gasteiger partial charge in [0.2, 0.25) is 0 Å². The van der Waals surface area contributed by atoms with Gasteiger partial charge >= 0.3 is 5.97 Å². The summed E-state index contributed by atoms with van der Waals surface area (Å²) < 4.78 is 5.02. The van der Waals surface area contributed by atoms with Crippen LogP contribution in [0.15, 0.2) is 29.2 Å². The molecule has 0 aromatic heterocycles. The Morgan fingerprint density at radius 2 is 1.95 bits per heavy atom. The number of aliphatic carboxylic acids is 1. The van der Waals surface area contributed by atoms with Gasteiger partial charge in [0, 0.05) is 6.04 Å². The molecule has 0 spiro atoms. The Labute approximate surface area is 131 Å². The molecule has 1 N–H and O–H groups in total. The number of ether oxygens (including phenoxy) is 1. The Bertz CT molecular complexity index is 636. The van der Waals surface area contributed by atoms with Crippen molar-refractivity contribution in [1.82, 2.24) is 4.90 Å². The van der Waals surface area contributed by atoms with Crippen LogP contribution in [0, 0.1) is 0 Å². The maximum atomic E-state index is 12.1. The van der Waals surface area contributed by atoms with Crippen molar-refractivity contribution in [3.63, 3.8) is 0 Å². The van der Waals surface area contributed by atoms with Crippen molar-refractivity contribution in [3.8, 4) is 5.75 Å². The highest BCUT2D eigenvalue weighted by Crippen LogP contribution is 2.33. The first-order chi connectivity index (χ1) is 10.4. The molecule has 0 atom stereocenters. The molecule has 116 valence electrons. The molecule has 1 saturated heterocycles. The summed E-state index contributed by atoms with van der Waals surface area (Å²) in [7, 11) is 0. The average Bonchev–Trinajstić information content (AvgIpc) is 2.72. The summed E-state index contributed by atoms with van der Waals surface area (Å²) in [6, 6.07) is 6.44. The number of carboxylic acids is 1. The normalized spacial score (nSPS) is 16.7. The number of nitrogens with zero attached hydrogens (tertiary/aromatic N) is 1. The minimum absolute atomic E-state index is 0.176. The van der Waals surface area contributed by atoms with E-state index in [2.05, 4.69) is 0 Å². The minimum Gasteiger partial charge on any atom is -0.482 e. The molecular weight excluding hydrogens is 306 g/mol. The van der Waals surface area contributed by atoms with Crippen LogP contribution in [-0.4, -0.2) is 39.8 Å². The van der Waals surface area contributed by atoms with Crippen molar-refractivity contribution in [3.05, 3.63) is 34.7 Å². The van der Waals surface area contributed by atoms with Gasteiger partial charge in [-0.3, -0.25) is 14.5 Å². The van der Waals surface area contributed by atoms with Crippen LogP contribution < -0.4 is 4.74 Å². The van der Waals surface area contributed by atoms with Gasteiger partial charge < -0.3 is 9.84 Å². The number of thioether (sulfide) groups is 1. The molecule has 1 aliphatic rings. The standard InChI is InChI=1S/C15H15NO5S/c1-9(2)16-14(19)12(22-15(16)20)7-10-3-5-11(6-4-10)21-8-13(17)18/h3-7,9H,8H2,1-2H3,(H,17,18). The lowest BCUT2D eigenvalue weighted by Crippen LogP contribution is -2.34. The van der Waals surface area contributed by atoms with Crippen LogP contribution >= 0.6 is 11.8 Å². The monoisotopic (exact) mass is 321 g/mol. The summed E-state index contributed by atoms with van der Waals surface area (Å²) in [6.07, 6.45) is 1.63. The van der Waals surface area contributed by atoms with Crippen molar-refractivity contribution < 1.29 is 24.2 Å². The van der Waals surface area contributed by atoms with Crippen molar-refractivity contribution >= 4 is 35.0 Å². The fourth-order valence-corrected chi connectivity index (χ4v) is 2.84. The van der Waals surface area contributed by atoms with Gasteiger partial charge in [0.05, 0.1) is 4.91 Å².